The lowest BCUT2D eigenvalue weighted by Gasteiger charge is -2.42. The molecule has 2 aliphatic carbocycles. The van der Waals surface area contributed by atoms with Gasteiger partial charge in [0.25, 0.3) is 0 Å². The normalized spacial score (nSPS) is 16.7. The van der Waals surface area contributed by atoms with Gasteiger partial charge in [0.15, 0.2) is 0 Å². The average molecular weight is 527 g/mol. The first-order valence-electron chi connectivity index (χ1n) is 13.7. The predicted molar refractivity (Wildman–Crippen MR) is 161 cm³/mol. The topological polar surface area (TPSA) is 29.5 Å². The summed E-state index contributed by atoms with van der Waals surface area (Å²) in [7, 11) is 6.89. The zero-order valence-electron chi connectivity index (χ0n) is 22.8. The Hall–Kier alpha value is -3.21. The number of fused-ring (bicyclic) bond motifs is 10. The fraction of sp³-hybridized carbons (Fsp3) is 0.257. The summed E-state index contributed by atoms with van der Waals surface area (Å²) < 4.78 is 6.71. The SMILES string of the molecule is [B]c1cccc2c1C1=C(CCc3cccc(OC(C)(C)C(C)(C)O)c31)C21c2ccccc2Sc2ccccc21. The number of ether oxygens (including phenoxy) is 1. The number of hydrogen-bond acceptors (Lipinski definition) is 3. The van der Waals surface area contributed by atoms with Crippen molar-refractivity contribution < 1.29 is 9.84 Å². The summed E-state index contributed by atoms with van der Waals surface area (Å²) in [5, 5.41) is 11.0. The van der Waals surface area contributed by atoms with Crippen LogP contribution >= 0.6 is 11.8 Å². The molecule has 4 aromatic rings. The van der Waals surface area contributed by atoms with E-state index in [0.717, 1.165) is 35.2 Å². The van der Waals surface area contributed by atoms with Crippen molar-refractivity contribution in [2.45, 2.75) is 66.9 Å². The molecule has 4 aromatic carbocycles. The van der Waals surface area contributed by atoms with Crippen molar-refractivity contribution in [3.8, 4) is 5.75 Å². The van der Waals surface area contributed by atoms with E-state index in [4.69, 9.17) is 12.6 Å². The first kappa shape index (κ1) is 24.8. The van der Waals surface area contributed by atoms with Crippen LogP contribution in [0.5, 0.6) is 5.75 Å². The average Bonchev–Trinajstić information content (AvgIpc) is 3.20. The van der Waals surface area contributed by atoms with Crippen molar-refractivity contribution in [3.05, 3.63) is 124 Å². The Labute approximate surface area is 236 Å². The molecule has 2 nitrogen and oxygen atoms in total. The highest BCUT2D eigenvalue weighted by Crippen LogP contribution is 2.64. The van der Waals surface area contributed by atoms with Crippen LogP contribution < -0.4 is 10.2 Å². The van der Waals surface area contributed by atoms with E-state index in [1.54, 1.807) is 13.8 Å². The van der Waals surface area contributed by atoms with E-state index < -0.39 is 16.6 Å². The summed E-state index contributed by atoms with van der Waals surface area (Å²) >= 11 is 1.85. The van der Waals surface area contributed by atoms with Crippen LogP contribution in [0.25, 0.3) is 5.57 Å². The Balaban J connectivity index is 1.60. The summed E-state index contributed by atoms with van der Waals surface area (Å²) in [6, 6.07) is 30.4. The van der Waals surface area contributed by atoms with Gasteiger partial charge in [0.05, 0.1) is 11.0 Å². The molecule has 2 radical (unpaired) electrons. The van der Waals surface area contributed by atoms with Gasteiger partial charge in [-0.2, -0.15) is 0 Å². The summed E-state index contributed by atoms with van der Waals surface area (Å²) in [5.74, 6) is 0.796. The van der Waals surface area contributed by atoms with E-state index >= 15 is 0 Å². The highest BCUT2D eigenvalue weighted by molar-refractivity contribution is 7.99. The lowest BCUT2D eigenvalue weighted by atomic mass is 9.64. The Morgan fingerprint density at radius 3 is 2.03 bits per heavy atom. The van der Waals surface area contributed by atoms with Crippen LogP contribution in [0.15, 0.2) is 100 Å². The van der Waals surface area contributed by atoms with Crippen LogP contribution in [-0.2, 0) is 11.8 Å². The molecular weight excluding hydrogens is 495 g/mol. The van der Waals surface area contributed by atoms with E-state index in [2.05, 4.69) is 72.8 Å². The molecule has 1 N–H and O–H groups in total. The second-order valence-electron chi connectivity index (χ2n) is 11.9. The number of hydrogen-bond donors (Lipinski definition) is 1. The molecular formula is C35H31BO2S. The molecule has 0 saturated carbocycles. The molecule has 192 valence electrons. The molecule has 1 spiro atoms. The Morgan fingerprint density at radius 1 is 0.744 bits per heavy atom. The van der Waals surface area contributed by atoms with Crippen LogP contribution in [0, 0.1) is 0 Å². The van der Waals surface area contributed by atoms with Gasteiger partial charge in [-0.3, -0.25) is 0 Å². The number of allylic oxidation sites excluding steroid dienone is 1. The maximum absolute atomic E-state index is 11.0. The third-order valence-corrected chi connectivity index (χ3v) is 10.3. The monoisotopic (exact) mass is 526 g/mol. The Morgan fingerprint density at radius 2 is 1.36 bits per heavy atom. The van der Waals surface area contributed by atoms with Crippen molar-refractivity contribution in [3.63, 3.8) is 0 Å². The van der Waals surface area contributed by atoms with Crippen molar-refractivity contribution in [2.75, 3.05) is 0 Å². The molecule has 0 bridgehead atoms. The van der Waals surface area contributed by atoms with Gasteiger partial charge in [0.1, 0.15) is 19.2 Å². The van der Waals surface area contributed by atoms with E-state index in [0.29, 0.717) is 0 Å². The van der Waals surface area contributed by atoms with E-state index in [1.165, 1.54) is 43.2 Å². The fourth-order valence-electron chi connectivity index (χ4n) is 6.67. The standard InChI is InChI=1S/C35H31BO2S/c1-33(2,37)34(3,4)38-27-16-9-11-21-19-20-25-32(30(21)27)31-24(14-10-15-26(31)36)35(25)22-12-5-7-17-28(22)39-29-18-8-6-13-23(29)35/h5-18,37H,19-20H2,1-4H3. The van der Waals surface area contributed by atoms with Gasteiger partial charge in [-0.1, -0.05) is 84.0 Å². The zero-order chi connectivity index (χ0) is 27.2. The van der Waals surface area contributed by atoms with Crippen LogP contribution in [0.4, 0.5) is 0 Å². The minimum atomic E-state index is -1.03. The number of aliphatic hydroxyl groups is 1. The van der Waals surface area contributed by atoms with Gasteiger partial charge in [-0.25, -0.2) is 0 Å². The molecule has 39 heavy (non-hydrogen) atoms. The number of rotatable bonds is 3. The minimum Gasteiger partial charge on any atom is -0.484 e. The van der Waals surface area contributed by atoms with E-state index in [9.17, 15) is 5.11 Å². The number of benzene rings is 4. The van der Waals surface area contributed by atoms with Crippen LogP contribution in [0.2, 0.25) is 0 Å². The van der Waals surface area contributed by atoms with E-state index in [-0.39, 0.29) is 0 Å². The molecule has 0 saturated heterocycles. The maximum Gasteiger partial charge on any atom is 0.131 e. The van der Waals surface area contributed by atoms with Gasteiger partial charge < -0.3 is 9.84 Å². The largest absolute Gasteiger partial charge is 0.484 e. The molecule has 1 heterocycles. The summed E-state index contributed by atoms with van der Waals surface area (Å²) in [5.41, 5.74) is 8.49. The Kier molecular flexibility index (Phi) is 5.34. The highest BCUT2D eigenvalue weighted by Gasteiger charge is 2.53. The first-order valence-corrected chi connectivity index (χ1v) is 14.5. The maximum atomic E-state index is 11.0. The van der Waals surface area contributed by atoms with Crippen LogP contribution in [0.1, 0.15) is 67.5 Å². The molecule has 4 heteroatoms. The molecule has 0 fully saturated rings. The smallest absolute Gasteiger partial charge is 0.131 e. The fourth-order valence-corrected chi connectivity index (χ4v) is 7.87. The predicted octanol–water partition coefficient (Wildman–Crippen LogP) is 6.97. The molecule has 0 unspecified atom stereocenters. The van der Waals surface area contributed by atoms with Crippen LogP contribution in [0.3, 0.4) is 0 Å². The quantitative estimate of drug-likeness (QED) is 0.293. The molecule has 0 atom stereocenters. The van der Waals surface area contributed by atoms with Crippen molar-refractivity contribution in [1.82, 2.24) is 0 Å². The number of aryl methyl sites for hydroxylation is 1. The molecule has 0 aromatic heterocycles. The van der Waals surface area contributed by atoms with Crippen LogP contribution in [-0.4, -0.2) is 24.2 Å². The summed E-state index contributed by atoms with van der Waals surface area (Å²) in [4.78, 5) is 2.58. The highest BCUT2D eigenvalue weighted by atomic mass is 32.2. The van der Waals surface area contributed by atoms with Gasteiger partial charge >= 0.3 is 0 Å². The van der Waals surface area contributed by atoms with E-state index in [1.807, 2.05) is 37.7 Å². The lowest BCUT2D eigenvalue weighted by Crippen LogP contribution is -2.49. The molecule has 7 rings (SSSR count). The van der Waals surface area contributed by atoms with Crippen molar-refractivity contribution >= 4 is 30.6 Å². The third kappa shape index (κ3) is 3.34. The zero-order valence-corrected chi connectivity index (χ0v) is 23.7. The second-order valence-corrected chi connectivity index (χ2v) is 13.0. The summed E-state index contributed by atoms with van der Waals surface area (Å²) in [6.07, 6.45) is 1.85. The third-order valence-electron chi connectivity index (χ3n) is 9.15. The second kappa shape index (κ2) is 8.40. The Bertz CT molecular complexity index is 1650. The van der Waals surface area contributed by atoms with Gasteiger partial charge in [-0.15, -0.1) is 0 Å². The molecule has 1 aliphatic heterocycles. The molecule has 0 amide bonds. The lowest BCUT2D eigenvalue weighted by molar-refractivity contribution is -0.0908. The molecule has 3 aliphatic rings. The van der Waals surface area contributed by atoms with Gasteiger partial charge in [-0.05, 0) is 97.7 Å². The van der Waals surface area contributed by atoms with Crippen molar-refractivity contribution in [1.29, 1.82) is 0 Å². The first-order chi connectivity index (χ1) is 18.6. The van der Waals surface area contributed by atoms with Gasteiger partial charge in [0, 0.05) is 15.4 Å². The van der Waals surface area contributed by atoms with Gasteiger partial charge in [0.2, 0.25) is 0 Å². The van der Waals surface area contributed by atoms with Crippen molar-refractivity contribution in [2.24, 2.45) is 0 Å². The summed E-state index contributed by atoms with van der Waals surface area (Å²) in [6.45, 7) is 7.51. The minimum absolute atomic E-state index is 0.422.